The Balaban J connectivity index is 3.43. The maximum Gasteiger partial charge on any atom is 0.316 e. The molecule has 0 spiro atoms. The van der Waals surface area contributed by atoms with E-state index in [0.29, 0.717) is 0 Å². The van der Waals surface area contributed by atoms with Crippen molar-refractivity contribution < 1.29 is 30.1 Å². The van der Waals surface area contributed by atoms with Crippen LogP contribution in [0, 0.1) is 17.0 Å². The molecule has 9 nitrogen and oxygen atoms in total. The largest absolute Gasteiger partial charge is 0.382 e. The summed E-state index contributed by atoms with van der Waals surface area (Å²) in [5.41, 5.74) is -0.556. The first-order valence-electron chi connectivity index (χ1n) is 4.97. The van der Waals surface area contributed by atoms with Gasteiger partial charge in [-0.05, 0) is 18.6 Å². The van der Waals surface area contributed by atoms with E-state index in [1.807, 2.05) is 0 Å². The molecule has 0 aliphatic heterocycles. The molecule has 0 heterocycles. The Hall–Kier alpha value is -1.88. The number of rotatable bonds is 5. The standard InChI is InChI=1S/C9H11NO8S2/c1-6-4-9(18-20(3,15)16)7(10(11)12)5-8(6)17-19(2,13)14/h4-5H,1-3H3. The Labute approximate surface area is 115 Å². The average Bonchev–Trinajstić information content (AvgIpc) is 2.17. The van der Waals surface area contributed by atoms with Crippen LogP contribution in [0.3, 0.4) is 0 Å². The molecule has 1 rings (SSSR count). The van der Waals surface area contributed by atoms with Crippen molar-refractivity contribution in [3.05, 3.63) is 27.8 Å². The molecule has 0 saturated heterocycles. The van der Waals surface area contributed by atoms with Crippen LogP contribution in [0.4, 0.5) is 5.69 Å². The van der Waals surface area contributed by atoms with E-state index < -0.39 is 36.6 Å². The molecule has 0 aliphatic rings. The maximum absolute atomic E-state index is 11.0. The molecule has 0 aliphatic carbocycles. The number of benzene rings is 1. The van der Waals surface area contributed by atoms with E-state index in [1.54, 1.807) is 0 Å². The van der Waals surface area contributed by atoms with Crippen molar-refractivity contribution in [2.45, 2.75) is 6.92 Å². The smallest absolute Gasteiger partial charge is 0.316 e. The fourth-order valence-electron chi connectivity index (χ4n) is 1.28. The quantitative estimate of drug-likeness (QED) is 0.436. The summed E-state index contributed by atoms with van der Waals surface area (Å²) < 4.78 is 53.2. The summed E-state index contributed by atoms with van der Waals surface area (Å²) in [7, 11) is -7.83. The second-order valence-electron chi connectivity index (χ2n) is 3.92. The number of nitrogens with zero attached hydrogens (tertiary/aromatic N) is 1. The van der Waals surface area contributed by atoms with Gasteiger partial charge in [-0.15, -0.1) is 0 Å². The predicted octanol–water partition coefficient (Wildman–Crippen LogP) is 0.580. The normalized spacial score (nSPS) is 11.9. The first-order chi connectivity index (χ1) is 8.89. The number of aryl methyl sites for hydroxylation is 1. The molecule has 20 heavy (non-hydrogen) atoms. The Bertz CT molecular complexity index is 750. The molecule has 1 aromatic rings. The van der Waals surface area contributed by atoms with Gasteiger partial charge in [-0.1, -0.05) is 0 Å². The van der Waals surface area contributed by atoms with Crippen LogP contribution in [0.2, 0.25) is 0 Å². The van der Waals surface area contributed by atoms with E-state index in [-0.39, 0.29) is 11.3 Å². The van der Waals surface area contributed by atoms with Crippen LogP contribution in [0.15, 0.2) is 12.1 Å². The Morgan fingerprint density at radius 2 is 1.45 bits per heavy atom. The fraction of sp³-hybridized carbons (Fsp3) is 0.333. The first-order valence-corrected chi connectivity index (χ1v) is 8.60. The monoisotopic (exact) mass is 325 g/mol. The molecule has 0 unspecified atom stereocenters. The third-order valence-electron chi connectivity index (χ3n) is 1.94. The molecule has 11 heteroatoms. The summed E-state index contributed by atoms with van der Waals surface area (Å²) in [4.78, 5) is 9.95. The van der Waals surface area contributed by atoms with Gasteiger partial charge in [0.1, 0.15) is 0 Å². The van der Waals surface area contributed by atoms with Crippen molar-refractivity contribution in [3.63, 3.8) is 0 Å². The fourth-order valence-corrected chi connectivity index (χ4v) is 2.24. The lowest BCUT2D eigenvalue weighted by Gasteiger charge is -2.09. The lowest BCUT2D eigenvalue weighted by molar-refractivity contribution is -0.385. The van der Waals surface area contributed by atoms with E-state index in [2.05, 4.69) is 8.37 Å². The Morgan fingerprint density at radius 1 is 1.00 bits per heavy atom. The topological polar surface area (TPSA) is 130 Å². The summed E-state index contributed by atoms with van der Waals surface area (Å²) in [5, 5.41) is 10.9. The molecule has 112 valence electrons. The van der Waals surface area contributed by atoms with Gasteiger partial charge in [0, 0.05) is 0 Å². The molecule has 0 bridgehead atoms. The van der Waals surface area contributed by atoms with Gasteiger partial charge in [0.25, 0.3) is 0 Å². The van der Waals surface area contributed by atoms with Gasteiger partial charge in [-0.3, -0.25) is 10.1 Å². The molecular formula is C9H11NO8S2. The average molecular weight is 325 g/mol. The van der Waals surface area contributed by atoms with Gasteiger partial charge in [0.05, 0.1) is 23.5 Å². The molecule has 0 atom stereocenters. The molecule has 0 fully saturated rings. The predicted molar refractivity (Wildman–Crippen MR) is 68.8 cm³/mol. The summed E-state index contributed by atoms with van der Waals surface area (Å²) in [5.74, 6) is -0.795. The van der Waals surface area contributed by atoms with E-state index in [9.17, 15) is 26.9 Å². The Morgan fingerprint density at radius 3 is 1.85 bits per heavy atom. The van der Waals surface area contributed by atoms with Crippen molar-refractivity contribution >= 4 is 25.9 Å². The van der Waals surface area contributed by atoms with E-state index in [0.717, 1.165) is 24.6 Å². The van der Waals surface area contributed by atoms with Crippen molar-refractivity contribution in [1.29, 1.82) is 0 Å². The zero-order chi connectivity index (χ0) is 15.7. The highest BCUT2D eigenvalue weighted by Crippen LogP contribution is 2.35. The van der Waals surface area contributed by atoms with Crippen LogP contribution in [-0.2, 0) is 20.2 Å². The van der Waals surface area contributed by atoms with Crippen molar-refractivity contribution in [1.82, 2.24) is 0 Å². The second-order valence-corrected chi connectivity index (χ2v) is 7.07. The van der Waals surface area contributed by atoms with Gasteiger partial charge < -0.3 is 8.37 Å². The SMILES string of the molecule is Cc1cc(OS(C)(=O)=O)c([N+](=O)[O-])cc1OS(C)(=O)=O. The molecular weight excluding hydrogens is 314 g/mol. The van der Waals surface area contributed by atoms with Crippen LogP contribution in [0.1, 0.15) is 5.56 Å². The van der Waals surface area contributed by atoms with Gasteiger partial charge in [0.2, 0.25) is 5.75 Å². The minimum atomic E-state index is -3.96. The molecule has 1 aromatic carbocycles. The highest BCUT2D eigenvalue weighted by molar-refractivity contribution is 7.86. The second kappa shape index (κ2) is 5.25. The third kappa shape index (κ3) is 4.66. The summed E-state index contributed by atoms with van der Waals surface area (Å²) >= 11 is 0. The van der Waals surface area contributed by atoms with Gasteiger partial charge >= 0.3 is 25.9 Å². The summed E-state index contributed by atoms with van der Waals surface area (Å²) in [6, 6.07) is 1.80. The van der Waals surface area contributed by atoms with Crippen LogP contribution in [-0.4, -0.2) is 34.3 Å². The van der Waals surface area contributed by atoms with Crippen LogP contribution in [0.5, 0.6) is 11.5 Å². The Kier molecular flexibility index (Phi) is 4.24. The summed E-state index contributed by atoms with van der Waals surface area (Å²) in [6.07, 6.45) is 1.51. The minimum absolute atomic E-state index is 0.166. The van der Waals surface area contributed by atoms with Crippen LogP contribution in [0.25, 0.3) is 0 Å². The molecule has 0 radical (unpaired) electrons. The molecule has 0 amide bonds. The summed E-state index contributed by atoms with van der Waals surface area (Å²) in [6.45, 7) is 1.39. The first kappa shape index (κ1) is 16.2. The maximum atomic E-state index is 11.0. The number of hydrogen-bond donors (Lipinski definition) is 0. The minimum Gasteiger partial charge on any atom is -0.382 e. The van der Waals surface area contributed by atoms with Gasteiger partial charge in [-0.2, -0.15) is 16.8 Å². The van der Waals surface area contributed by atoms with Crippen LogP contribution < -0.4 is 8.37 Å². The number of hydrogen-bond acceptors (Lipinski definition) is 8. The van der Waals surface area contributed by atoms with E-state index in [4.69, 9.17) is 0 Å². The zero-order valence-corrected chi connectivity index (χ0v) is 12.3. The molecule has 0 saturated carbocycles. The zero-order valence-electron chi connectivity index (χ0n) is 10.7. The lowest BCUT2D eigenvalue weighted by atomic mass is 10.2. The number of nitro benzene ring substituents is 1. The van der Waals surface area contributed by atoms with Gasteiger partial charge in [-0.25, -0.2) is 0 Å². The lowest BCUT2D eigenvalue weighted by Crippen LogP contribution is -2.10. The molecule has 0 N–H and O–H groups in total. The third-order valence-corrected chi connectivity index (χ3v) is 2.90. The molecule has 0 aromatic heterocycles. The van der Waals surface area contributed by atoms with E-state index >= 15 is 0 Å². The highest BCUT2D eigenvalue weighted by Gasteiger charge is 2.23. The van der Waals surface area contributed by atoms with Crippen molar-refractivity contribution in [2.75, 3.05) is 12.5 Å². The van der Waals surface area contributed by atoms with Crippen molar-refractivity contribution in [2.24, 2.45) is 0 Å². The van der Waals surface area contributed by atoms with Crippen LogP contribution >= 0.6 is 0 Å². The van der Waals surface area contributed by atoms with Gasteiger partial charge in [0.15, 0.2) is 5.75 Å². The highest BCUT2D eigenvalue weighted by atomic mass is 32.2. The van der Waals surface area contributed by atoms with E-state index in [1.165, 1.54) is 6.92 Å². The van der Waals surface area contributed by atoms with Crippen molar-refractivity contribution in [3.8, 4) is 11.5 Å². The number of nitro groups is 1.